The van der Waals surface area contributed by atoms with Gasteiger partial charge in [-0.1, -0.05) is 23.2 Å². The van der Waals surface area contributed by atoms with Crippen molar-refractivity contribution >= 4 is 66.7 Å². The zero-order chi connectivity index (χ0) is 16.3. The van der Waals surface area contributed by atoms with E-state index in [0.29, 0.717) is 30.4 Å². The number of hydrogen-bond acceptors (Lipinski definition) is 3. The van der Waals surface area contributed by atoms with Crippen LogP contribution < -0.4 is 10.1 Å². The van der Waals surface area contributed by atoms with Gasteiger partial charge in [0.05, 0.1) is 14.0 Å². The summed E-state index contributed by atoms with van der Waals surface area (Å²) in [6, 6.07) is 7.89. The summed E-state index contributed by atoms with van der Waals surface area (Å²) in [4.78, 5) is 11.9. The molecule has 4 nitrogen and oxygen atoms in total. The average molecular weight is 470 g/mol. The van der Waals surface area contributed by atoms with E-state index < -0.39 is 0 Å². The molecule has 116 valence electrons. The summed E-state index contributed by atoms with van der Waals surface area (Å²) in [5, 5.41) is 13.1. The molecule has 0 bridgehead atoms. The van der Waals surface area contributed by atoms with Crippen LogP contribution in [-0.2, 0) is 4.79 Å². The number of benzene rings is 2. The van der Waals surface area contributed by atoms with Crippen molar-refractivity contribution in [2.75, 3.05) is 11.9 Å². The van der Waals surface area contributed by atoms with E-state index >= 15 is 0 Å². The highest BCUT2D eigenvalue weighted by molar-refractivity contribution is 9.11. The number of anilines is 1. The van der Waals surface area contributed by atoms with E-state index in [2.05, 4.69) is 37.2 Å². The van der Waals surface area contributed by atoms with E-state index in [1.54, 1.807) is 24.3 Å². The van der Waals surface area contributed by atoms with Crippen molar-refractivity contribution in [2.24, 2.45) is 0 Å². The zero-order valence-corrected chi connectivity index (χ0v) is 15.6. The first-order valence-corrected chi connectivity index (χ1v) is 8.26. The fourth-order valence-corrected chi connectivity index (χ4v) is 3.22. The molecule has 0 aromatic heterocycles. The average Bonchev–Trinajstić information content (AvgIpc) is 2.43. The fraction of sp³-hybridized carbons (Fsp3) is 0.0714. The van der Waals surface area contributed by atoms with Crippen LogP contribution >= 0.6 is 55.1 Å². The molecule has 1 amide bonds. The van der Waals surface area contributed by atoms with Crippen molar-refractivity contribution < 1.29 is 14.6 Å². The van der Waals surface area contributed by atoms with Gasteiger partial charge in [0.2, 0.25) is 0 Å². The van der Waals surface area contributed by atoms with Crippen molar-refractivity contribution in [2.45, 2.75) is 0 Å². The van der Waals surface area contributed by atoms with Crippen LogP contribution in [-0.4, -0.2) is 17.6 Å². The highest BCUT2D eigenvalue weighted by Crippen LogP contribution is 2.35. The third-order valence-corrected chi connectivity index (χ3v) is 4.29. The Hall–Kier alpha value is -0.950. The summed E-state index contributed by atoms with van der Waals surface area (Å²) in [5.41, 5.74) is 0.507. The number of halogens is 4. The smallest absolute Gasteiger partial charge is 0.262 e. The Labute approximate surface area is 153 Å². The number of rotatable bonds is 4. The van der Waals surface area contributed by atoms with Crippen LogP contribution in [0.1, 0.15) is 0 Å². The third-order valence-electron chi connectivity index (χ3n) is 2.55. The van der Waals surface area contributed by atoms with Gasteiger partial charge in [0, 0.05) is 10.7 Å². The molecule has 2 rings (SSSR count). The Bertz CT molecular complexity index is 702. The first-order valence-electron chi connectivity index (χ1n) is 5.92. The highest BCUT2D eigenvalue weighted by Gasteiger charge is 2.10. The second-order valence-electron chi connectivity index (χ2n) is 4.20. The number of ether oxygens (including phenoxy) is 1. The molecule has 0 unspecified atom stereocenters. The number of phenolic OH excluding ortho intramolecular Hbond substituents is 1. The Balaban J connectivity index is 1.99. The van der Waals surface area contributed by atoms with Crippen LogP contribution in [0.5, 0.6) is 11.5 Å². The number of carbonyl (C=O) groups excluding carboxylic acids is 1. The van der Waals surface area contributed by atoms with Crippen LogP contribution in [0.4, 0.5) is 5.69 Å². The van der Waals surface area contributed by atoms with Gasteiger partial charge in [0.15, 0.2) is 6.61 Å². The second kappa shape index (κ2) is 7.55. The highest BCUT2D eigenvalue weighted by atomic mass is 79.9. The number of hydrogen-bond donors (Lipinski definition) is 2. The molecule has 2 N–H and O–H groups in total. The van der Waals surface area contributed by atoms with Crippen LogP contribution in [0, 0.1) is 0 Å². The van der Waals surface area contributed by atoms with Gasteiger partial charge in [-0.3, -0.25) is 4.79 Å². The van der Waals surface area contributed by atoms with E-state index in [9.17, 15) is 9.90 Å². The fourth-order valence-electron chi connectivity index (χ4n) is 1.57. The second-order valence-corrected chi connectivity index (χ2v) is 6.75. The SMILES string of the molecule is O=C(COc1ccc(Cl)cc1Cl)Nc1cc(Br)c(O)c(Br)c1. The number of amides is 1. The summed E-state index contributed by atoms with van der Waals surface area (Å²) in [6.45, 7) is -0.211. The predicted octanol–water partition coefficient (Wildman–Crippen LogP) is 5.24. The molecule has 0 radical (unpaired) electrons. The number of carbonyl (C=O) groups is 1. The standard InChI is InChI=1S/C14H9Br2Cl2NO3/c15-9-4-8(5-10(16)14(9)21)19-13(20)6-22-12-2-1-7(17)3-11(12)18/h1-5,21H,6H2,(H,19,20). The molecule has 2 aromatic carbocycles. The first kappa shape index (κ1) is 17.4. The van der Waals surface area contributed by atoms with E-state index in [-0.39, 0.29) is 18.3 Å². The quantitative estimate of drug-likeness (QED) is 0.602. The topological polar surface area (TPSA) is 58.6 Å². The van der Waals surface area contributed by atoms with Gasteiger partial charge in [0.1, 0.15) is 11.5 Å². The van der Waals surface area contributed by atoms with E-state index in [4.69, 9.17) is 27.9 Å². The van der Waals surface area contributed by atoms with Crippen LogP contribution in [0.3, 0.4) is 0 Å². The minimum Gasteiger partial charge on any atom is -0.506 e. The molecular formula is C14H9Br2Cl2NO3. The van der Waals surface area contributed by atoms with Gasteiger partial charge < -0.3 is 15.2 Å². The lowest BCUT2D eigenvalue weighted by Crippen LogP contribution is -2.20. The van der Waals surface area contributed by atoms with Gasteiger partial charge in [-0.05, 0) is 62.2 Å². The lowest BCUT2D eigenvalue weighted by molar-refractivity contribution is -0.118. The lowest BCUT2D eigenvalue weighted by atomic mass is 10.3. The molecular weight excluding hydrogens is 461 g/mol. The van der Waals surface area contributed by atoms with E-state index in [0.717, 1.165) is 0 Å². The van der Waals surface area contributed by atoms with Crippen molar-refractivity contribution in [1.82, 2.24) is 0 Å². The molecule has 0 saturated carbocycles. The maximum absolute atomic E-state index is 11.9. The Kier molecular flexibility index (Phi) is 5.97. The van der Waals surface area contributed by atoms with Crippen molar-refractivity contribution in [1.29, 1.82) is 0 Å². The number of nitrogens with one attached hydrogen (secondary N) is 1. The first-order chi connectivity index (χ1) is 10.4. The van der Waals surface area contributed by atoms with Gasteiger partial charge >= 0.3 is 0 Å². The molecule has 0 fully saturated rings. The Morgan fingerprint density at radius 3 is 2.41 bits per heavy atom. The van der Waals surface area contributed by atoms with E-state index in [1.165, 1.54) is 6.07 Å². The molecule has 0 aliphatic heterocycles. The van der Waals surface area contributed by atoms with Gasteiger partial charge in [0.25, 0.3) is 5.91 Å². The molecule has 0 spiro atoms. The largest absolute Gasteiger partial charge is 0.506 e. The maximum Gasteiger partial charge on any atom is 0.262 e. The van der Waals surface area contributed by atoms with E-state index in [1.807, 2.05) is 0 Å². The molecule has 22 heavy (non-hydrogen) atoms. The lowest BCUT2D eigenvalue weighted by Gasteiger charge is -2.10. The van der Waals surface area contributed by atoms with Crippen molar-refractivity contribution in [3.8, 4) is 11.5 Å². The summed E-state index contributed by atoms with van der Waals surface area (Å²) >= 11 is 18.1. The maximum atomic E-state index is 11.9. The normalized spacial score (nSPS) is 10.4. The van der Waals surface area contributed by atoms with Crippen molar-refractivity contribution in [3.63, 3.8) is 0 Å². The molecule has 0 aliphatic carbocycles. The molecule has 2 aromatic rings. The minimum absolute atomic E-state index is 0.0576. The molecule has 8 heteroatoms. The minimum atomic E-state index is -0.365. The van der Waals surface area contributed by atoms with Gasteiger partial charge in [-0.15, -0.1) is 0 Å². The monoisotopic (exact) mass is 467 g/mol. The van der Waals surface area contributed by atoms with Crippen LogP contribution in [0.25, 0.3) is 0 Å². The molecule has 0 saturated heterocycles. The van der Waals surface area contributed by atoms with Crippen LogP contribution in [0.2, 0.25) is 10.0 Å². The zero-order valence-electron chi connectivity index (χ0n) is 10.9. The molecule has 0 aliphatic rings. The predicted molar refractivity (Wildman–Crippen MR) is 94.1 cm³/mol. The van der Waals surface area contributed by atoms with Crippen molar-refractivity contribution in [3.05, 3.63) is 49.3 Å². The summed E-state index contributed by atoms with van der Waals surface area (Å²) in [7, 11) is 0. The molecule has 0 heterocycles. The summed E-state index contributed by atoms with van der Waals surface area (Å²) < 4.78 is 6.25. The summed E-state index contributed by atoms with van der Waals surface area (Å²) in [6.07, 6.45) is 0. The number of phenols is 1. The Morgan fingerprint density at radius 2 is 1.82 bits per heavy atom. The van der Waals surface area contributed by atoms with Gasteiger partial charge in [-0.25, -0.2) is 0 Å². The Morgan fingerprint density at radius 1 is 1.18 bits per heavy atom. The number of aromatic hydroxyl groups is 1. The molecule has 0 atom stereocenters. The van der Waals surface area contributed by atoms with Gasteiger partial charge in [-0.2, -0.15) is 0 Å². The van der Waals surface area contributed by atoms with Crippen LogP contribution in [0.15, 0.2) is 39.3 Å². The summed E-state index contributed by atoms with van der Waals surface area (Å²) in [5.74, 6) is 0.0620. The third kappa shape index (κ3) is 4.52.